The molecular formula is C6H8O3S. The van der Waals surface area contributed by atoms with Gasteiger partial charge >= 0.3 is 11.4 Å². The van der Waals surface area contributed by atoms with E-state index in [0.717, 1.165) is 37.2 Å². The molecule has 3 nitrogen and oxygen atoms in total. The van der Waals surface area contributed by atoms with Crippen LogP contribution in [-0.2, 0) is 19.7 Å². The Labute approximate surface area is 61.9 Å². The summed E-state index contributed by atoms with van der Waals surface area (Å²) in [5.74, 6) is 1.62. The third-order valence-electron chi connectivity index (χ3n) is 1.71. The summed E-state index contributed by atoms with van der Waals surface area (Å²) in [4.78, 5) is 0. The van der Waals surface area contributed by atoms with Crippen LogP contribution in [0.25, 0.3) is 0 Å². The molecule has 0 amide bonds. The summed E-state index contributed by atoms with van der Waals surface area (Å²) in [5, 5.41) is 0. The molecule has 0 aromatic carbocycles. The van der Waals surface area contributed by atoms with Crippen LogP contribution in [0.1, 0.15) is 25.7 Å². The highest BCUT2D eigenvalue weighted by Gasteiger charge is 2.26. The first-order valence-corrected chi connectivity index (χ1v) is 4.37. The van der Waals surface area contributed by atoms with Gasteiger partial charge in [-0.1, -0.05) is 0 Å². The van der Waals surface area contributed by atoms with E-state index in [0.29, 0.717) is 0 Å². The van der Waals surface area contributed by atoms with Gasteiger partial charge in [0.2, 0.25) is 0 Å². The van der Waals surface area contributed by atoms with Gasteiger partial charge in [-0.2, -0.15) is 4.21 Å². The molecule has 1 aliphatic carbocycles. The monoisotopic (exact) mass is 160 g/mol. The zero-order valence-corrected chi connectivity index (χ0v) is 6.28. The molecule has 0 radical (unpaired) electrons. The Bertz CT molecular complexity index is 189. The summed E-state index contributed by atoms with van der Waals surface area (Å²) < 4.78 is 20.4. The first-order valence-electron chi connectivity index (χ1n) is 3.37. The highest BCUT2D eigenvalue weighted by Crippen LogP contribution is 2.32. The van der Waals surface area contributed by atoms with Gasteiger partial charge in [0, 0.05) is 12.8 Å². The molecule has 0 spiro atoms. The minimum absolute atomic E-state index is 0.810. The van der Waals surface area contributed by atoms with Gasteiger partial charge in [-0.15, -0.1) is 0 Å². The lowest BCUT2D eigenvalue weighted by molar-refractivity contribution is 0.418. The van der Waals surface area contributed by atoms with Crippen molar-refractivity contribution in [2.75, 3.05) is 0 Å². The first-order chi connectivity index (χ1) is 4.86. The van der Waals surface area contributed by atoms with Gasteiger partial charge in [-0.3, -0.25) is 0 Å². The second kappa shape index (κ2) is 2.27. The SMILES string of the molecule is O=S1OC2=C(CCCC2)O1. The highest BCUT2D eigenvalue weighted by atomic mass is 32.2. The molecule has 0 N–H and O–H groups in total. The summed E-state index contributed by atoms with van der Waals surface area (Å²) in [5.41, 5.74) is 0. The maximum absolute atomic E-state index is 10.6. The molecule has 4 heteroatoms. The molecule has 0 fully saturated rings. The molecule has 1 heterocycles. The molecule has 56 valence electrons. The van der Waals surface area contributed by atoms with E-state index in [-0.39, 0.29) is 0 Å². The van der Waals surface area contributed by atoms with Gasteiger partial charge in [0.15, 0.2) is 11.5 Å². The van der Waals surface area contributed by atoms with Crippen LogP contribution < -0.4 is 0 Å². The average Bonchev–Trinajstić information content (AvgIpc) is 2.27. The van der Waals surface area contributed by atoms with Gasteiger partial charge in [-0.25, -0.2) is 0 Å². The molecule has 0 bridgehead atoms. The van der Waals surface area contributed by atoms with Gasteiger partial charge in [-0.05, 0) is 12.8 Å². The van der Waals surface area contributed by atoms with E-state index in [1.807, 2.05) is 0 Å². The number of hydrogen-bond donors (Lipinski definition) is 0. The lowest BCUT2D eigenvalue weighted by Gasteiger charge is -2.06. The normalized spacial score (nSPS) is 25.6. The Balaban J connectivity index is 2.20. The topological polar surface area (TPSA) is 35.5 Å². The third kappa shape index (κ3) is 0.923. The summed E-state index contributed by atoms with van der Waals surface area (Å²) in [7, 11) is 0. The van der Waals surface area contributed by atoms with Crippen molar-refractivity contribution in [1.29, 1.82) is 0 Å². The zero-order valence-electron chi connectivity index (χ0n) is 5.46. The molecule has 10 heavy (non-hydrogen) atoms. The fraction of sp³-hybridized carbons (Fsp3) is 0.667. The minimum Gasteiger partial charge on any atom is -0.372 e. The Morgan fingerprint density at radius 2 is 1.60 bits per heavy atom. The molecule has 0 saturated heterocycles. The fourth-order valence-corrected chi connectivity index (χ4v) is 1.92. The molecule has 1 aliphatic heterocycles. The van der Waals surface area contributed by atoms with Crippen molar-refractivity contribution < 1.29 is 12.6 Å². The smallest absolute Gasteiger partial charge is 0.372 e. The van der Waals surface area contributed by atoms with Crippen LogP contribution in [0.3, 0.4) is 0 Å². The van der Waals surface area contributed by atoms with Crippen molar-refractivity contribution in [2.45, 2.75) is 25.7 Å². The Kier molecular flexibility index (Phi) is 1.41. The van der Waals surface area contributed by atoms with Crippen LogP contribution in [0.2, 0.25) is 0 Å². The van der Waals surface area contributed by atoms with Crippen LogP contribution in [0.15, 0.2) is 11.5 Å². The van der Waals surface area contributed by atoms with Crippen molar-refractivity contribution in [1.82, 2.24) is 0 Å². The quantitative estimate of drug-likeness (QED) is 0.537. The Morgan fingerprint density at radius 3 is 2.10 bits per heavy atom. The van der Waals surface area contributed by atoms with Crippen molar-refractivity contribution >= 4 is 11.4 Å². The molecule has 0 saturated carbocycles. The standard InChI is InChI=1S/C6H8O3S/c7-10-8-5-3-1-2-4-6(5)9-10/h1-4H2. The molecular weight excluding hydrogens is 152 g/mol. The van der Waals surface area contributed by atoms with E-state index < -0.39 is 11.4 Å². The molecule has 0 aromatic rings. The highest BCUT2D eigenvalue weighted by molar-refractivity contribution is 7.75. The molecule has 2 aliphatic rings. The number of hydrogen-bond acceptors (Lipinski definition) is 3. The maximum atomic E-state index is 10.6. The van der Waals surface area contributed by atoms with Gasteiger partial charge in [0.25, 0.3) is 0 Å². The number of rotatable bonds is 0. The zero-order chi connectivity index (χ0) is 6.97. The van der Waals surface area contributed by atoms with Gasteiger partial charge < -0.3 is 8.37 Å². The summed E-state index contributed by atoms with van der Waals surface area (Å²) >= 11 is -1.52. The van der Waals surface area contributed by atoms with Crippen molar-refractivity contribution in [2.24, 2.45) is 0 Å². The van der Waals surface area contributed by atoms with E-state index in [2.05, 4.69) is 0 Å². The van der Waals surface area contributed by atoms with Crippen molar-refractivity contribution in [3.8, 4) is 0 Å². The van der Waals surface area contributed by atoms with Crippen molar-refractivity contribution in [3.63, 3.8) is 0 Å². The second-order valence-electron chi connectivity index (χ2n) is 2.42. The van der Waals surface area contributed by atoms with Crippen LogP contribution in [0, 0.1) is 0 Å². The van der Waals surface area contributed by atoms with E-state index in [9.17, 15) is 4.21 Å². The van der Waals surface area contributed by atoms with Gasteiger partial charge in [0.05, 0.1) is 0 Å². The predicted molar refractivity (Wildman–Crippen MR) is 35.8 cm³/mol. The largest absolute Gasteiger partial charge is 0.417 e. The van der Waals surface area contributed by atoms with Crippen molar-refractivity contribution in [3.05, 3.63) is 11.5 Å². The second-order valence-corrected chi connectivity index (χ2v) is 3.17. The van der Waals surface area contributed by atoms with Crippen LogP contribution >= 0.6 is 0 Å². The first kappa shape index (κ1) is 6.22. The van der Waals surface area contributed by atoms with Gasteiger partial charge in [0.1, 0.15) is 0 Å². The fourth-order valence-electron chi connectivity index (χ4n) is 1.21. The summed E-state index contributed by atoms with van der Waals surface area (Å²) in [6, 6.07) is 0. The third-order valence-corrected chi connectivity index (χ3v) is 2.38. The Morgan fingerprint density at radius 1 is 1.10 bits per heavy atom. The molecule has 0 aromatic heterocycles. The molecule has 2 rings (SSSR count). The number of allylic oxidation sites excluding steroid dienone is 2. The van der Waals surface area contributed by atoms with Crippen LogP contribution in [-0.4, -0.2) is 4.21 Å². The Hall–Kier alpha value is -0.510. The lowest BCUT2D eigenvalue weighted by atomic mass is 10.1. The maximum Gasteiger partial charge on any atom is 0.417 e. The van der Waals surface area contributed by atoms with E-state index in [1.165, 1.54) is 0 Å². The van der Waals surface area contributed by atoms with Crippen LogP contribution in [0.4, 0.5) is 0 Å². The minimum atomic E-state index is -1.52. The average molecular weight is 160 g/mol. The van der Waals surface area contributed by atoms with E-state index >= 15 is 0 Å². The van der Waals surface area contributed by atoms with E-state index in [4.69, 9.17) is 8.37 Å². The summed E-state index contributed by atoms with van der Waals surface area (Å²) in [6.45, 7) is 0. The summed E-state index contributed by atoms with van der Waals surface area (Å²) in [6.07, 6.45) is 4.03. The van der Waals surface area contributed by atoms with Crippen LogP contribution in [0.5, 0.6) is 0 Å². The predicted octanol–water partition coefficient (Wildman–Crippen LogP) is 1.40. The lowest BCUT2D eigenvalue weighted by Crippen LogP contribution is -1.94. The molecule has 0 atom stereocenters. The van der Waals surface area contributed by atoms with E-state index in [1.54, 1.807) is 0 Å². The molecule has 0 unspecified atom stereocenters.